The monoisotopic (exact) mass is 338 g/mol. The minimum atomic E-state index is -0.901. The van der Waals surface area contributed by atoms with Crippen LogP contribution in [0, 0.1) is 12.8 Å². The zero-order valence-electron chi connectivity index (χ0n) is 12.8. The van der Waals surface area contributed by atoms with Gasteiger partial charge in [0.05, 0.1) is 5.92 Å². The van der Waals surface area contributed by atoms with Crippen molar-refractivity contribution in [3.63, 3.8) is 0 Å². The van der Waals surface area contributed by atoms with Crippen molar-refractivity contribution in [3.8, 4) is 0 Å². The molecule has 2 N–H and O–H groups in total. The molecule has 0 aliphatic carbocycles. The van der Waals surface area contributed by atoms with Crippen LogP contribution >= 0.6 is 11.6 Å². The summed E-state index contributed by atoms with van der Waals surface area (Å²) in [7, 11) is 0. The maximum absolute atomic E-state index is 12.2. The average Bonchev–Trinajstić information content (AvgIpc) is 2.52. The SMILES string of the molecule is Cc1c(Cl)cccc1NC(=O)CC(=O)N1CCC[C@H](C(=O)O)C1. The second-order valence-corrected chi connectivity index (χ2v) is 6.06. The third-order valence-corrected chi connectivity index (χ3v) is 4.39. The van der Waals surface area contributed by atoms with Gasteiger partial charge in [-0.2, -0.15) is 0 Å². The van der Waals surface area contributed by atoms with E-state index in [9.17, 15) is 14.4 Å². The molecule has 2 rings (SSSR count). The molecule has 1 aromatic carbocycles. The van der Waals surface area contributed by atoms with Gasteiger partial charge in [-0.3, -0.25) is 14.4 Å². The number of amides is 2. The van der Waals surface area contributed by atoms with E-state index in [0.29, 0.717) is 30.1 Å². The highest BCUT2D eigenvalue weighted by Gasteiger charge is 2.28. The van der Waals surface area contributed by atoms with Crippen LogP contribution in [0.3, 0.4) is 0 Å². The second kappa shape index (κ2) is 7.46. The molecule has 1 aliphatic rings. The topological polar surface area (TPSA) is 86.7 Å². The van der Waals surface area contributed by atoms with E-state index in [-0.39, 0.29) is 18.9 Å². The number of carboxylic acid groups (broad SMARTS) is 1. The van der Waals surface area contributed by atoms with Crippen LogP contribution < -0.4 is 5.32 Å². The Balaban J connectivity index is 1.93. The standard InChI is InChI=1S/C16H19ClN2O4/c1-10-12(17)5-2-6-13(10)18-14(20)8-15(21)19-7-3-4-11(9-19)16(22)23/h2,5-6,11H,3-4,7-9H2,1H3,(H,18,20)(H,22,23)/t11-/m0/s1. The van der Waals surface area contributed by atoms with Crippen LogP contribution in [0.4, 0.5) is 5.69 Å². The van der Waals surface area contributed by atoms with E-state index in [1.807, 2.05) is 0 Å². The van der Waals surface area contributed by atoms with Crippen molar-refractivity contribution in [2.24, 2.45) is 5.92 Å². The summed E-state index contributed by atoms with van der Waals surface area (Å²) in [5, 5.41) is 12.2. The van der Waals surface area contributed by atoms with Gasteiger partial charge in [-0.15, -0.1) is 0 Å². The molecule has 1 fully saturated rings. The summed E-state index contributed by atoms with van der Waals surface area (Å²) in [6.45, 7) is 2.44. The number of hydrogen-bond donors (Lipinski definition) is 2. The van der Waals surface area contributed by atoms with Gasteiger partial charge in [-0.05, 0) is 37.5 Å². The molecule has 1 aliphatic heterocycles. The largest absolute Gasteiger partial charge is 0.481 e. The summed E-state index contributed by atoms with van der Waals surface area (Å²) in [4.78, 5) is 36.7. The molecule has 0 bridgehead atoms. The third-order valence-electron chi connectivity index (χ3n) is 3.98. The molecule has 1 aromatic rings. The van der Waals surface area contributed by atoms with Crippen LogP contribution in [-0.4, -0.2) is 40.9 Å². The molecule has 0 saturated carbocycles. The Bertz CT molecular complexity index is 633. The van der Waals surface area contributed by atoms with Gasteiger partial charge < -0.3 is 15.3 Å². The molecule has 23 heavy (non-hydrogen) atoms. The fraction of sp³-hybridized carbons (Fsp3) is 0.438. The molecule has 1 atom stereocenters. The van der Waals surface area contributed by atoms with Crippen molar-refractivity contribution in [1.29, 1.82) is 0 Å². The van der Waals surface area contributed by atoms with Gasteiger partial charge in [0.2, 0.25) is 11.8 Å². The lowest BCUT2D eigenvalue weighted by Crippen LogP contribution is -2.43. The average molecular weight is 339 g/mol. The van der Waals surface area contributed by atoms with Gasteiger partial charge in [-0.25, -0.2) is 0 Å². The highest BCUT2D eigenvalue weighted by Crippen LogP contribution is 2.23. The maximum atomic E-state index is 12.2. The number of nitrogens with one attached hydrogen (secondary N) is 1. The zero-order valence-corrected chi connectivity index (χ0v) is 13.6. The minimum Gasteiger partial charge on any atom is -0.481 e. The lowest BCUT2D eigenvalue weighted by molar-refractivity contribution is -0.145. The summed E-state index contributed by atoms with van der Waals surface area (Å²) in [5.41, 5.74) is 1.30. The summed E-state index contributed by atoms with van der Waals surface area (Å²) >= 11 is 5.99. The predicted molar refractivity (Wildman–Crippen MR) is 86.4 cm³/mol. The smallest absolute Gasteiger partial charge is 0.308 e. The van der Waals surface area contributed by atoms with Crippen LogP contribution in [0.25, 0.3) is 0 Å². The number of carbonyl (C=O) groups is 3. The normalized spacial score (nSPS) is 17.7. The molecule has 0 aromatic heterocycles. The molecule has 124 valence electrons. The Morgan fingerprint density at radius 2 is 2.13 bits per heavy atom. The van der Waals surface area contributed by atoms with Gasteiger partial charge in [0.25, 0.3) is 0 Å². The Morgan fingerprint density at radius 3 is 2.83 bits per heavy atom. The molecule has 0 unspecified atom stereocenters. The quantitative estimate of drug-likeness (QED) is 0.825. The van der Waals surface area contributed by atoms with Crippen molar-refractivity contribution >= 4 is 35.1 Å². The van der Waals surface area contributed by atoms with Crippen LogP contribution in [0.1, 0.15) is 24.8 Å². The maximum Gasteiger partial charge on any atom is 0.308 e. The molecule has 0 radical (unpaired) electrons. The van der Waals surface area contributed by atoms with E-state index in [1.165, 1.54) is 4.90 Å². The first-order valence-corrected chi connectivity index (χ1v) is 7.82. The number of carboxylic acids is 1. The number of anilines is 1. The number of halogens is 1. The third kappa shape index (κ3) is 4.45. The number of benzene rings is 1. The van der Waals surface area contributed by atoms with E-state index in [0.717, 1.165) is 5.56 Å². The lowest BCUT2D eigenvalue weighted by atomic mass is 9.98. The molecule has 0 spiro atoms. The fourth-order valence-corrected chi connectivity index (χ4v) is 2.77. The van der Waals surface area contributed by atoms with Crippen LogP contribution in [0.2, 0.25) is 5.02 Å². The van der Waals surface area contributed by atoms with E-state index in [1.54, 1.807) is 25.1 Å². The van der Waals surface area contributed by atoms with Gasteiger partial charge in [0.1, 0.15) is 6.42 Å². The van der Waals surface area contributed by atoms with Crippen LogP contribution in [-0.2, 0) is 14.4 Å². The number of rotatable bonds is 4. The van der Waals surface area contributed by atoms with Gasteiger partial charge >= 0.3 is 5.97 Å². The molecular formula is C16H19ClN2O4. The van der Waals surface area contributed by atoms with E-state index in [4.69, 9.17) is 16.7 Å². The summed E-state index contributed by atoms with van der Waals surface area (Å²) in [6.07, 6.45) is 0.892. The van der Waals surface area contributed by atoms with E-state index >= 15 is 0 Å². The number of aliphatic carboxylic acids is 1. The number of likely N-dealkylation sites (tertiary alicyclic amines) is 1. The molecular weight excluding hydrogens is 320 g/mol. The van der Waals surface area contributed by atoms with E-state index < -0.39 is 17.8 Å². The molecule has 2 amide bonds. The van der Waals surface area contributed by atoms with Crippen molar-refractivity contribution in [2.75, 3.05) is 18.4 Å². The van der Waals surface area contributed by atoms with Crippen molar-refractivity contribution < 1.29 is 19.5 Å². The number of hydrogen-bond acceptors (Lipinski definition) is 3. The zero-order chi connectivity index (χ0) is 17.0. The summed E-state index contributed by atoms with van der Waals surface area (Å²) in [6, 6.07) is 5.15. The first kappa shape index (κ1) is 17.3. The Hall–Kier alpha value is -2.08. The Morgan fingerprint density at radius 1 is 1.39 bits per heavy atom. The molecule has 1 heterocycles. The van der Waals surface area contributed by atoms with Crippen molar-refractivity contribution in [1.82, 2.24) is 4.90 Å². The number of carbonyl (C=O) groups excluding carboxylic acids is 2. The van der Waals surface area contributed by atoms with Crippen LogP contribution in [0.15, 0.2) is 18.2 Å². The predicted octanol–water partition coefficient (Wildman–Crippen LogP) is 2.30. The van der Waals surface area contributed by atoms with Gasteiger partial charge in [-0.1, -0.05) is 17.7 Å². The van der Waals surface area contributed by atoms with Gasteiger partial charge in [0, 0.05) is 23.8 Å². The molecule has 1 saturated heterocycles. The summed E-state index contributed by atoms with van der Waals surface area (Å²) in [5.74, 6) is -2.24. The minimum absolute atomic E-state index is 0.164. The molecule has 6 nitrogen and oxygen atoms in total. The Kier molecular flexibility index (Phi) is 5.60. The first-order valence-electron chi connectivity index (χ1n) is 7.44. The fourth-order valence-electron chi connectivity index (χ4n) is 2.59. The van der Waals surface area contributed by atoms with Gasteiger partial charge in [0.15, 0.2) is 0 Å². The van der Waals surface area contributed by atoms with E-state index in [2.05, 4.69) is 5.32 Å². The van der Waals surface area contributed by atoms with Crippen molar-refractivity contribution in [3.05, 3.63) is 28.8 Å². The highest BCUT2D eigenvalue weighted by atomic mass is 35.5. The molecule has 7 heteroatoms. The number of piperidine rings is 1. The van der Waals surface area contributed by atoms with Crippen LogP contribution in [0.5, 0.6) is 0 Å². The first-order chi connectivity index (χ1) is 10.9. The second-order valence-electron chi connectivity index (χ2n) is 5.65. The summed E-state index contributed by atoms with van der Waals surface area (Å²) < 4.78 is 0. The Labute approximate surface area is 139 Å². The lowest BCUT2D eigenvalue weighted by Gasteiger charge is -2.30. The highest BCUT2D eigenvalue weighted by molar-refractivity contribution is 6.31. The van der Waals surface area contributed by atoms with Crippen molar-refractivity contribution in [2.45, 2.75) is 26.2 Å². The number of nitrogens with zero attached hydrogens (tertiary/aromatic N) is 1.